The minimum absolute atomic E-state index is 0.0128. The van der Waals surface area contributed by atoms with Crippen molar-refractivity contribution in [2.24, 2.45) is 0 Å². The smallest absolute Gasteiger partial charge is 0.316 e. The maximum atomic E-state index is 11.5. The summed E-state index contributed by atoms with van der Waals surface area (Å²) in [5.74, 6) is -0.276. The highest BCUT2D eigenvalue weighted by Gasteiger charge is 2.15. The molecule has 0 heterocycles. The first-order valence-corrected chi connectivity index (χ1v) is 6.58. The van der Waals surface area contributed by atoms with E-state index in [-0.39, 0.29) is 23.5 Å². The Labute approximate surface area is 110 Å². The molecule has 1 unspecified atom stereocenters. The fraction of sp³-hybridized carbons (Fsp3) is 0.417. The zero-order chi connectivity index (χ0) is 13.5. The molecular weight excluding hydrogens is 254 g/mol. The van der Waals surface area contributed by atoms with Gasteiger partial charge in [0.05, 0.1) is 21.7 Å². The molecule has 1 rings (SSSR count). The van der Waals surface area contributed by atoms with Crippen molar-refractivity contribution in [2.45, 2.75) is 31.3 Å². The van der Waals surface area contributed by atoms with Crippen LogP contribution in [-0.2, 0) is 9.53 Å². The molecule has 1 aromatic rings. The normalized spacial score (nSPS) is 11.9. The van der Waals surface area contributed by atoms with Gasteiger partial charge in [-0.25, -0.2) is 0 Å². The first kappa shape index (κ1) is 14.5. The van der Waals surface area contributed by atoms with Crippen LogP contribution in [0.3, 0.4) is 0 Å². The van der Waals surface area contributed by atoms with Crippen molar-refractivity contribution in [3.63, 3.8) is 0 Å². The number of benzene rings is 1. The molecule has 5 nitrogen and oxygen atoms in total. The molecule has 98 valence electrons. The van der Waals surface area contributed by atoms with Crippen LogP contribution in [0.2, 0.25) is 0 Å². The van der Waals surface area contributed by atoms with E-state index in [2.05, 4.69) is 0 Å². The van der Waals surface area contributed by atoms with Crippen LogP contribution < -0.4 is 0 Å². The number of thioether (sulfide) groups is 1. The third-order valence-electron chi connectivity index (χ3n) is 2.32. The molecule has 0 fully saturated rings. The molecule has 1 atom stereocenters. The fourth-order valence-corrected chi connectivity index (χ4v) is 2.02. The number of para-hydroxylation sites is 1. The average molecular weight is 269 g/mol. The fourth-order valence-electron chi connectivity index (χ4n) is 1.21. The predicted molar refractivity (Wildman–Crippen MR) is 69.7 cm³/mol. The number of ether oxygens (including phenoxy) is 1. The van der Waals surface area contributed by atoms with Crippen LogP contribution in [0.25, 0.3) is 0 Å². The van der Waals surface area contributed by atoms with Crippen LogP contribution in [0.5, 0.6) is 0 Å². The molecule has 0 N–H and O–H groups in total. The molecule has 0 spiro atoms. The van der Waals surface area contributed by atoms with Gasteiger partial charge < -0.3 is 4.74 Å². The summed E-state index contributed by atoms with van der Waals surface area (Å²) in [7, 11) is 0. The van der Waals surface area contributed by atoms with Crippen molar-refractivity contribution in [1.82, 2.24) is 0 Å². The summed E-state index contributed by atoms with van der Waals surface area (Å²) >= 11 is 1.12. The molecular formula is C12H15NO4S. The maximum absolute atomic E-state index is 11.5. The van der Waals surface area contributed by atoms with Gasteiger partial charge in [0.1, 0.15) is 0 Å². The Hall–Kier alpha value is -1.56. The standard InChI is InChI=1S/C12H15NO4S/c1-3-9(2)17-12(14)8-18-11-7-5-4-6-10(11)13(15)16/h4-7,9H,3,8H2,1-2H3. The molecule has 0 aliphatic heterocycles. The Balaban J connectivity index is 2.58. The topological polar surface area (TPSA) is 69.4 Å². The Morgan fingerprint density at radius 2 is 2.17 bits per heavy atom. The van der Waals surface area contributed by atoms with Crippen LogP contribution in [0, 0.1) is 10.1 Å². The van der Waals surface area contributed by atoms with Gasteiger partial charge >= 0.3 is 5.97 Å². The molecule has 0 bridgehead atoms. The van der Waals surface area contributed by atoms with Crippen LogP contribution in [-0.4, -0.2) is 22.7 Å². The number of rotatable bonds is 6. The molecule has 0 amide bonds. The highest BCUT2D eigenvalue weighted by Crippen LogP contribution is 2.28. The number of esters is 1. The van der Waals surface area contributed by atoms with E-state index in [1.54, 1.807) is 18.2 Å². The van der Waals surface area contributed by atoms with E-state index in [0.717, 1.165) is 18.2 Å². The summed E-state index contributed by atoms with van der Waals surface area (Å²) in [4.78, 5) is 22.2. The number of hydrogen-bond acceptors (Lipinski definition) is 5. The first-order valence-electron chi connectivity index (χ1n) is 5.60. The van der Waals surface area contributed by atoms with E-state index in [0.29, 0.717) is 4.90 Å². The highest BCUT2D eigenvalue weighted by atomic mass is 32.2. The predicted octanol–water partition coefficient (Wildman–Crippen LogP) is 3.03. The lowest BCUT2D eigenvalue weighted by Gasteiger charge is -2.10. The van der Waals surface area contributed by atoms with Crippen molar-refractivity contribution >= 4 is 23.4 Å². The second-order valence-corrected chi connectivity index (χ2v) is 4.74. The van der Waals surface area contributed by atoms with E-state index in [9.17, 15) is 14.9 Å². The summed E-state index contributed by atoms with van der Waals surface area (Å²) < 4.78 is 5.09. The molecule has 0 saturated carbocycles. The SMILES string of the molecule is CCC(C)OC(=O)CSc1ccccc1[N+](=O)[O-]. The van der Waals surface area contributed by atoms with Gasteiger partial charge in [-0.15, -0.1) is 11.8 Å². The Morgan fingerprint density at radius 3 is 2.78 bits per heavy atom. The second-order valence-electron chi connectivity index (χ2n) is 3.72. The lowest BCUT2D eigenvalue weighted by atomic mass is 10.3. The highest BCUT2D eigenvalue weighted by molar-refractivity contribution is 8.00. The molecule has 0 aliphatic rings. The van der Waals surface area contributed by atoms with E-state index < -0.39 is 4.92 Å². The van der Waals surface area contributed by atoms with Crippen molar-refractivity contribution in [1.29, 1.82) is 0 Å². The van der Waals surface area contributed by atoms with Crippen LogP contribution >= 0.6 is 11.8 Å². The van der Waals surface area contributed by atoms with E-state index in [4.69, 9.17) is 4.74 Å². The van der Waals surface area contributed by atoms with Gasteiger partial charge in [-0.2, -0.15) is 0 Å². The number of nitro benzene ring substituents is 1. The third-order valence-corrected chi connectivity index (χ3v) is 3.35. The minimum atomic E-state index is -0.456. The average Bonchev–Trinajstić information content (AvgIpc) is 2.36. The van der Waals surface area contributed by atoms with Crippen LogP contribution in [0.4, 0.5) is 5.69 Å². The van der Waals surface area contributed by atoms with Gasteiger partial charge in [0.2, 0.25) is 0 Å². The maximum Gasteiger partial charge on any atom is 0.316 e. The van der Waals surface area contributed by atoms with Gasteiger partial charge in [0, 0.05) is 6.07 Å². The lowest BCUT2D eigenvalue weighted by Crippen LogP contribution is -2.15. The zero-order valence-electron chi connectivity index (χ0n) is 10.3. The Kier molecular flexibility index (Phi) is 5.64. The number of carbonyl (C=O) groups is 1. The quantitative estimate of drug-likeness (QED) is 0.343. The summed E-state index contributed by atoms with van der Waals surface area (Å²) in [6.45, 7) is 3.74. The summed E-state index contributed by atoms with van der Waals surface area (Å²) in [5, 5.41) is 10.8. The minimum Gasteiger partial charge on any atom is -0.462 e. The first-order chi connectivity index (χ1) is 8.54. The summed E-state index contributed by atoms with van der Waals surface area (Å²) in [6.07, 6.45) is 0.630. The van der Waals surface area contributed by atoms with Gasteiger partial charge in [-0.05, 0) is 19.4 Å². The van der Waals surface area contributed by atoms with Gasteiger partial charge in [0.15, 0.2) is 0 Å². The van der Waals surface area contributed by atoms with Crippen molar-refractivity contribution in [3.8, 4) is 0 Å². The van der Waals surface area contributed by atoms with Crippen LogP contribution in [0.15, 0.2) is 29.2 Å². The Morgan fingerprint density at radius 1 is 1.50 bits per heavy atom. The van der Waals surface area contributed by atoms with Crippen molar-refractivity contribution in [2.75, 3.05) is 5.75 Å². The van der Waals surface area contributed by atoms with Gasteiger partial charge in [0.25, 0.3) is 5.69 Å². The van der Waals surface area contributed by atoms with E-state index in [1.807, 2.05) is 13.8 Å². The summed E-state index contributed by atoms with van der Waals surface area (Å²) in [5.41, 5.74) is 0.0128. The largest absolute Gasteiger partial charge is 0.462 e. The number of hydrogen-bond donors (Lipinski definition) is 0. The number of nitrogens with zero attached hydrogens (tertiary/aromatic N) is 1. The lowest BCUT2D eigenvalue weighted by molar-refractivity contribution is -0.387. The molecule has 0 aliphatic carbocycles. The monoisotopic (exact) mass is 269 g/mol. The second kappa shape index (κ2) is 7.00. The number of nitro groups is 1. The molecule has 18 heavy (non-hydrogen) atoms. The molecule has 1 aromatic carbocycles. The molecule has 0 saturated heterocycles. The zero-order valence-corrected chi connectivity index (χ0v) is 11.1. The van der Waals surface area contributed by atoms with Crippen LogP contribution in [0.1, 0.15) is 20.3 Å². The van der Waals surface area contributed by atoms with Crippen molar-refractivity contribution in [3.05, 3.63) is 34.4 Å². The molecule has 0 aromatic heterocycles. The molecule has 6 heteroatoms. The number of carbonyl (C=O) groups excluding carboxylic acids is 1. The van der Waals surface area contributed by atoms with E-state index in [1.165, 1.54) is 6.07 Å². The third kappa shape index (κ3) is 4.37. The van der Waals surface area contributed by atoms with Gasteiger partial charge in [-0.1, -0.05) is 19.1 Å². The summed E-state index contributed by atoms with van der Waals surface area (Å²) in [6, 6.07) is 6.34. The molecule has 0 radical (unpaired) electrons. The Bertz CT molecular complexity index is 436. The van der Waals surface area contributed by atoms with E-state index >= 15 is 0 Å². The van der Waals surface area contributed by atoms with Crippen molar-refractivity contribution < 1.29 is 14.5 Å². The van der Waals surface area contributed by atoms with Gasteiger partial charge in [-0.3, -0.25) is 14.9 Å².